The van der Waals surface area contributed by atoms with E-state index < -0.39 is 12.6 Å². The summed E-state index contributed by atoms with van der Waals surface area (Å²) in [7, 11) is 0. The van der Waals surface area contributed by atoms with Crippen molar-refractivity contribution in [2.75, 3.05) is 26.4 Å². The first-order chi connectivity index (χ1) is 7.24. The van der Waals surface area contributed by atoms with Crippen molar-refractivity contribution >= 4 is 5.97 Å². The minimum absolute atomic E-state index is 0.229. The summed E-state index contributed by atoms with van der Waals surface area (Å²) in [5, 5.41) is 8.39. The number of carbonyl (C=O) groups is 1. The Morgan fingerprint density at radius 2 is 1.87 bits per heavy atom. The molecule has 0 spiro atoms. The number of aliphatic hydroxyl groups excluding tert-OH is 1. The first-order valence-electron chi connectivity index (χ1n) is 5.24. The van der Waals surface area contributed by atoms with Crippen LogP contribution in [-0.2, 0) is 19.0 Å². The molecule has 0 aromatic heterocycles. The molecule has 0 aliphatic heterocycles. The molecule has 0 bridgehead atoms. The maximum Gasteiger partial charge on any atom is 0.331 e. The molecule has 0 atom stereocenters. The van der Waals surface area contributed by atoms with Crippen molar-refractivity contribution in [1.29, 1.82) is 0 Å². The summed E-state index contributed by atoms with van der Waals surface area (Å²) in [5.74, 6) is -0.598. The highest BCUT2D eigenvalue weighted by atomic mass is 16.7. The molecular formula is C10H20O5. The van der Waals surface area contributed by atoms with Gasteiger partial charge in [-0.15, -0.1) is 0 Å². The minimum atomic E-state index is -0.598. The summed E-state index contributed by atoms with van der Waals surface area (Å²) < 4.78 is 15.3. The largest absolute Gasteiger partial charge is 0.464 e. The second-order valence-electron chi connectivity index (χ2n) is 2.86. The van der Waals surface area contributed by atoms with Gasteiger partial charge >= 0.3 is 5.97 Å². The molecule has 0 heterocycles. The number of aliphatic hydroxyl groups is 1. The molecular weight excluding hydrogens is 200 g/mol. The summed E-state index contributed by atoms with van der Waals surface area (Å²) >= 11 is 0. The molecule has 5 nitrogen and oxygen atoms in total. The van der Waals surface area contributed by atoms with Crippen LogP contribution in [0.2, 0.25) is 0 Å². The highest BCUT2D eigenvalue weighted by Crippen LogP contribution is 2.04. The number of hydrogen-bond acceptors (Lipinski definition) is 5. The number of hydrogen-bond donors (Lipinski definition) is 1. The maximum atomic E-state index is 10.6. The molecule has 90 valence electrons. The average molecular weight is 220 g/mol. The second-order valence-corrected chi connectivity index (χ2v) is 2.86. The minimum Gasteiger partial charge on any atom is -0.464 e. The summed E-state index contributed by atoms with van der Waals surface area (Å²) in [5.41, 5.74) is 0. The standard InChI is InChI=1S/C10H20O5/c1-3-13-10(14-4-2)6-5-7-15-9(12)8-11/h10-11H,3-8H2,1-2H3. The highest BCUT2D eigenvalue weighted by molar-refractivity contribution is 5.70. The first kappa shape index (κ1) is 14.3. The van der Waals surface area contributed by atoms with Gasteiger partial charge in [0.05, 0.1) is 6.61 Å². The van der Waals surface area contributed by atoms with Gasteiger partial charge in [-0.2, -0.15) is 0 Å². The van der Waals surface area contributed by atoms with E-state index in [0.29, 0.717) is 26.1 Å². The summed E-state index contributed by atoms with van der Waals surface area (Å²) in [6.45, 7) is 4.72. The third kappa shape index (κ3) is 8.35. The Bertz CT molecular complexity index is 154. The van der Waals surface area contributed by atoms with Gasteiger partial charge in [0.15, 0.2) is 6.29 Å². The van der Waals surface area contributed by atoms with Crippen LogP contribution in [0.5, 0.6) is 0 Å². The lowest BCUT2D eigenvalue weighted by Gasteiger charge is -2.16. The van der Waals surface area contributed by atoms with E-state index in [1.807, 2.05) is 13.8 Å². The Morgan fingerprint density at radius 3 is 2.33 bits per heavy atom. The lowest BCUT2D eigenvalue weighted by molar-refractivity contribution is -0.152. The molecule has 0 saturated carbocycles. The monoisotopic (exact) mass is 220 g/mol. The van der Waals surface area contributed by atoms with Crippen molar-refractivity contribution in [2.45, 2.75) is 33.0 Å². The third-order valence-corrected chi connectivity index (χ3v) is 1.68. The Labute approximate surface area is 90.3 Å². The van der Waals surface area contributed by atoms with Gasteiger partial charge in [-0.3, -0.25) is 0 Å². The molecule has 1 N–H and O–H groups in total. The van der Waals surface area contributed by atoms with E-state index >= 15 is 0 Å². The van der Waals surface area contributed by atoms with Crippen LogP contribution >= 0.6 is 0 Å². The van der Waals surface area contributed by atoms with Crippen molar-refractivity contribution in [2.24, 2.45) is 0 Å². The van der Waals surface area contributed by atoms with E-state index in [1.54, 1.807) is 0 Å². The molecule has 0 aromatic carbocycles. The average Bonchev–Trinajstić information content (AvgIpc) is 2.24. The van der Waals surface area contributed by atoms with Crippen molar-refractivity contribution < 1.29 is 24.1 Å². The van der Waals surface area contributed by atoms with Crippen LogP contribution in [0.3, 0.4) is 0 Å². The molecule has 0 aromatic rings. The van der Waals surface area contributed by atoms with E-state index in [0.717, 1.165) is 0 Å². The van der Waals surface area contributed by atoms with E-state index in [9.17, 15) is 4.79 Å². The molecule has 0 aliphatic rings. The molecule has 0 rings (SSSR count). The quantitative estimate of drug-likeness (QED) is 0.352. The summed E-state index contributed by atoms with van der Waals surface area (Å²) in [4.78, 5) is 10.6. The molecule has 0 saturated heterocycles. The van der Waals surface area contributed by atoms with Gasteiger partial charge in [-0.25, -0.2) is 4.79 Å². The smallest absolute Gasteiger partial charge is 0.331 e. The molecule has 0 aliphatic carbocycles. The van der Waals surface area contributed by atoms with Crippen molar-refractivity contribution in [3.05, 3.63) is 0 Å². The zero-order valence-electron chi connectivity index (χ0n) is 9.40. The number of ether oxygens (including phenoxy) is 3. The predicted octanol–water partition coefficient (Wildman–Crippen LogP) is 0.701. The summed E-state index contributed by atoms with van der Waals surface area (Å²) in [6, 6.07) is 0. The van der Waals surface area contributed by atoms with Gasteiger partial charge in [0.25, 0.3) is 0 Å². The van der Waals surface area contributed by atoms with Gasteiger partial charge in [0.1, 0.15) is 6.61 Å². The van der Waals surface area contributed by atoms with Crippen LogP contribution in [0.1, 0.15) is 26.7 Å². The predicted molar refractivity (Wildman–Crippen MR) is 54.3 cm³/mol. The van der Waals surface area contributed by atoms with Gasteiger partial charge in [0.2, 0.25) is 0 Å². The van der Waals surface area contributed by atoms with Crippen molar-refractivity contribution in [3.63, 3.8) is 0 Å². The number of esters is 1. The van der Waals surface area contributed by atoms with Gasteiger partial charge in [0, 0.05) is 19.6 Å². The molecule has 0 amide bonds. The fourth-order valence-corrected chi connectivity index (χ4v) is 1.07. The summed E-state index contributed by atoms with van der Waals surface area (Å²) in [6.07, 6.45) is 1.12. The molecule has 0 radical (unpaired) electrons. The van der Waals surface area contributed by atoms with E-state index in [-0.39, 0.29) is 12.9 Å². The van der Waals surface area contributed by atoms with Crippen molar-refractivity contribution in [3.8, 4) is 0 Å². The van der Waals surface area contributed by atoms with Crippen LogP contribution < -0.4 is 0 Å². The second kappa shape index (κ2) is 9.89. The van der Waals surface area contributed by atoms with Crippen LogP contribution in [0.4, 0.5) is 0 Å². The van der Waals surface area contributed by atoms with Crippen LogP contribution in [0, 0.1) is 0 Å². The number of carbonyl (C=O) groups excluding carboxylic acids is 1. The highest BCUT2D eigenvalue weighted by Gasteiger charge is 2.07. The maximum absolute atomic E-state index is 10.6. The fourth-order valence-electron chi connectivity index (χ4n) is 1.07. The molecule has 5 heteroatoms. The van der Waals surface area contributed by atoms with E-state index in [4.69, 9.17) is 19.3 Å². The van der Waals surface area contributed by atoms with Gasteiger partial charge < -0.3 is 19.3 Å². The first-order valence-corrected chi connectivity index (χ1v) is 5.24. The van der Waals surface area contributed by atoms with Crippen LogP contribution in [0.15, 0.2) is 0 Å². The molecule has 0 unspecified atom stereocenters. The van der Waals surface area contributed by atoms with Gasteiger partial charge in [-0.05, 0) is 20.3 Å². The lowest BCUT2D eigenvalue weighted by atomic mass is 10.3. The SMILES string of the molecule is CCOC(CCCOC(=O)CO)OCC. The van der Waals surface area contributed by atoms with Crippen LogP contribution in [-0.4, -0.2) is 43.8 Å². The lowest BCUT2D eigenvalue weighted by Crippen LogP contribution is -2.18. The van der Waals surface area contributed by atoms with Gasteiger partial charge in [-0.1, -0.05) is 0 Å². The number of rotatable bonds is 9. The fraction of sp³-hybridized carbons (Fsp3) is 0.900. The normalized spacial score (nSPS) is 10.7. The Kier molecular flexibility index (Phi) is 9.46. The zero-order chi connectivity index (χ0) is 11.5. The molecule has 15 heavy (non-hydrogen) atoms. The van der Waals surface area contributed by atoms with Crippen molar-refractivity contribution in [1.82, 2.24) is 0 Å². The molecule has 0 fully saturated rings. The zero-order valence-corrected chi connectivity index (χ0v) is 9.40. The third-order valence-electron chi connectivity index (χ3n) is 1.68. The van der Waals surface area contributed by atoms with Crippen LogP contribution in [0.25, 0.3) is 0 Å². The Morgan fingerprint density at radius 1 is 1.27 bits per heavy atom. The topological polar surface area (TPSA) is 65.0 Å². The Hall–Kier alpha value is -0.650. The van der Waals surface area contributed by atoms with E-state index in [1.165, 1.54) is 0 Å². The Balaban J connectivity index is 3.48. The van der Waals surface area contributed by atoms with E-state index in [2.05, 4.69) is 0 Å².